The molecule has 0 bridgehead atoms. The molecule has 3 heteroatoms. The van der Waals surface area contributed by atoms with Gasteiger partial charge in [0, 0.05) is 7.11 Å². The van der Waals surface area contributed by atoms with Crippen molar-refractivity contribution in [1.82, 2.24) is 0 Å². The van der Waals surface area contributed by atoms with Crippen molar-refractivity contribution in [3.63, 3.8) is 0 Å². The van der Waals surface area contributed by atoms with Crippen LogP contribution in [0.1, 0.15) is 50.2 Å². The summed E-state index contributed by atoms with van der Waals surface area (Å²) in [5, 5.41) is 8.81. The number of methoxy groups -OCH3 is 1. The van der Waals surface area contributed by atoms with E-state index in [1.54, 1.807) is 7.11 Å². The highest BCUT2D eigenvalue weighted by Crippen LogP contribution is 2.27. The highest BCUT2D eigenvalue weighted by Gasteiger charge is 2.15. The van der Waals surface area contributed by atoms with Crippen molar-refractivity contribution in [3.05, 3.63) is 29.8 Å². The highest BCUT2D eigenvalue weighted by molar-refractivity contribution is 5.30. The first-order valence-corrected chi connectivity index (χ1v) is 7.46. The Balaban J connectivity index is 1.93. The molecular weight excluding hydrogens is 250 g/mol. The zero-order valence-corrected chi connectivity index (χ0v) is 12.2. The second kappa shape index (κ2) is 7.91. The molecule has 1 aromatic rings. The lowest BCUT2D eigenvalue weighted by Crippen LogP contribution is -2.15. The summed E-state index contributed by atoms with van der Waals surface area (Å²) in [5.41, 5.74) is 1.01. The fraction of sp³-hybridized carbons (Fsp3) is 0.588. The fourth-order valence-corrected chi connectivity index (χ4v) is 2.79. The summed E-state index contributed by atoms with van der Waals surface area (Å²) in [6.07, 6.45) is 6.81. The van der Waals surface area contributed by atoms with Gasteiger partial charge in [0.2, 0.25) is 0 Å². The molecule has 0 heterocycles. The van der Waals surface area contributed by atoms with Crippen LogP contribution < -0.4 is 4.74 Å². The Morgan fingerprint density at radius 3 is 2.80 bits per heavy atom. The molecule has 2 rings (SSSR count). The van der Waals surface area contributed by atoms with Crippen LogP contribution in [0.15, 0.2) is 24.3 Å². The maximum atomic E-state index is 8.81. The molecule has 1 saturated carbocycles. The molecule has 0 radical (unpaired) electrons. The molecule has 1 fully saturated rings. The maximum absolute atomic E-state index is 8.81. The predicted molar refractivity (Wildman–Crippen MR) is 78.5 cm³/mol. The van der Waals surface area contributed by atoms with E-state index in [1.165, 1.54) is 32.1 Å². The number of ether oxygens (including phenoxy) is 2. The minimum Gasteiger partial charge on any atom is -0.493 e. The average Bonchev–Trinajstić information content (AvgIpc) is 2.52. The summed E-state index contributed by atoms with van der Waals surface area (Å²) in [6, 6.07) is 10.1. The lowest BCUT2D eigenvalue weighted by atomic mass is 9.90. The number of hydrogen-bond acceptors (Lipinski definition) is 3. The van der Waals surface area contributed by atoms with E-state index in [0.29, 0.717) is 12.3 Å². The molecule has 1 aliphatic rings. The van der Waals surface area contributed by atoms with Crippen molar-refractivity contribution in [2.75, 3.05) is 13.7 Å². The van der Waals surface area contributed by atoms with Gasteiger partial charge < -0.3 is 9.47 Å². The summed E-state index contributed by atoms with van der Waals surface area (Å²) in [5.74, 6) is 1.58. The van der Waals surface area contributed by atoms with Crippen LogP contribution in [0.3, 0.4) is 0 Å². The molecule has 108 valence electrons. The minimum atomic E-state index is -0.168. The molecule has 1 aliphatic carbocycles. The Morgan fingerprint density at radius 1 is 1.30 bits per heavy atom. The second-order valence-electron chi connectivity index (χ2n) is 5.47. The molecule has 1 aromatic carbocycles. The van der Waals surface area contributed by atoms with Crippen LogP contribution in [0.5, 0.6) is 5.75 Å². The molecular formula is C17H23NO2. The van der Waals surface area contributed by atoms with E-state index in [2.05, 4.69) is 6.07 Å². The van der Waals surface area contributed by atoms with E-state index in [9.17, 15) is 0 Å². The third-order valence-corrected chi connectivity index (χ3v) is 4.00. The van der Waals surface area contributed by atoms with Gasteiger partial charge in [-0.25, -0.2) is 0 Å². The van der Waals surface area contributed by atoms with Crippen LogP contribution in [-0.4, -0.2) is 13.7 Å². The average molecular weight is 273 g/mol. The Bertz CT molecular complexity index is 447. The van der Waals surface area contributed by atoms with Crippen LogP contribution in [0, 0.1) is 17.2 Å². The zero-order chi connectivity index (χ0) is 14.2. The van der Waals surface area contributed by atoms with E-state index >= 15 is 0 Å². The number of hydrogen-bond donors (Lipinski definition) is 0. The third-order valence-electron chi connectivity index (χ3n) is 4.00. The SMILES string of the molecule is COC(CC#N)c1cccc(OCC2CCCCC2)c1. The number of benzene rings is 1. The highest BCUT2D eigenvalue weighted by atomic mass is 16.5. The first-order valence-electron chi connectivity index (χ1n) is 7.46. The molecule has 0 aliphatic heterocycles. The number of nitrogens with zero attached hydrogens (tertiary/aromatic N) is 1. The van der Waals surface area contributed by atoms with Crippen molar-refractivity contribution < 1.29 is 9.47 Å². The standard InChI is InChI=1S/C17H23NO2/c1-19-17(10-11-18)15-8-5-9-16(12-15)20-13-14-6-3-2-4-7-14/h5,8-9,12,14,17H,2-4,6-7,10,13H2,1H3. The van der Waals surface area contributed by atoms with E-state index < -0.39 is 0 Å². The van der Waals surface area contributed by atoms with Gasteiger partial charge in [-0.05, 0) is 36.5 Å². The smallest absolute Gasteiger partial charge is 0.119 e. The van der Waals surface area contributed by atoms with Crippen LogP contribution in [0.4, 0.5) is 0 Å². The van der Waals surface area contributed by atoms with E-state index in [-0.39, 0.29) is 6.10 Å². The number of nitriles is 1. The van der Waals surface area contributed by atoms with Crippen molar-refractivity contribution in [1.29, 1.82) is 5.26 Å². The van der Waals surface area contributed by atoms with Gasteiger partial charge in [-0.2, -0.15) is 5.26 Å². The molecule has 0 amide bonds. The predicted octanol–water partition coefficient (Wildman–Crippen LogP) is 4.25. The van der Waals surface area contributed by atoms with E-state index in [1.807, 2.05) is 24.3 Å². The van der Waals surface area contributed by atoms with Gasteiger partial charge in [0.25, 0.3) is 0 Å². The molecule has 20 heavy (non-hydrogen) atoms. The fourth-order valence-electron chi connectivity index (χ4n) is 2.79. The minimum absolute atomic E-state index is 0.168. The van der Waals surface area contributed by atoms with Gasteiger partial charge in [0.15, 0.2) is 0 Å². The Kier molecular flexibility index (Phi) is 5.88. The first-order chi connectivity index (χ1) is 9.83. The molecule has 1 atom stereocenters. The van der Waals surface area contributed by atoms with Crippen LogP contribution in [0.2, 0.25) is 0 Å². The lowest BCUT2D eigenvalue weighted by Gasteiger charge is -2.22. The van der Waals surface area contributed by atoms with Gasteiger partial charge >= 0.3 is 0 Å². The summed E-state index contributed by atoms with van der Waals surface area (Å²) < 4.78 is 11.3. The Labute approximate surface area is 121 Å². The topological polar surface area (TPSA) is 42.2 Å². The lowest BCUT2D eigenvalue weighted by molar-refractivity contribution is 0.107. The van der Waals surface area contributed by atoms with Crippen molar-refractivity contribution in [2.24, 2.45) is 5.92 Å². The molecule has 1 unspecified atom stereocenters. The maximum Gasteiger partial charge on any atom is 0.119 e. The van der Waals surface area contributed by atoms with Gasteiger partial charge in [0.05, 0.1) is 25.2 Å². The van der Waals surface area contributed by atoms with Gasteiger partial charge in [-0.1, -0.05) is 31.4 Å². The van der Waals surface area contributed by atoms with Gasteiger partial charge in [-0.3, -0.25) is 0 Å². The number of rotatable bonds is 6. The molecule has 0 aromatic heterocycles. The van der Waals surface area contributed by atoms with Gasteiger partial charge in [-0.15, -0.1) is 0 Å². The first kappa shape index (κ1) is 14.9. The second-order valence-corrected chi connectivity index (χ2v) is 5.47. The quantitative estimate of drug-likeness (QED) is 0.778. The third kappa shape index (κ3) is 4.25. The zero-order valence-electron chi connectivity index (χ0n) is 12.2. The summed E-state index contributed by atoms with van der Waals surface area (Å²) in [6.45, 7) is 0.805. The molecule has 0 spiro atoms. The Hall–Kier alpha value is -1.53. The molecule has 3 nitrogen and oxygen atoms in total. The molecule has 0 N–H and O–H groups in total. The monoisotopic (exact) mass is 273 g/mol. The summed E-state index contributed by atoms with van der Waals surface area (Å²) in [7, 11) is 1.64. The van der Waals surface area contributed by atoms with E-state index in [0.717, 1.165) is 17.9 Å². The van der Waals surface area contributed by atoms with Crippen molar-refractivity contribution >= 4 is 0 Å². The summed E-state index contributed by atoms with van der Waals surface area (Å²) >= 11 is 0. The van der Waals surface area contributed by atoms with Crippen molar-refractivity contribution in [2.45, 2.75) is 44.6 Å². The summed E-state index contributed by atoms with van der Waals surface area (Å²) in [4.78, 5) is 0. The van der Waals surface area contributed by atoms with Crippen LogP contribution in [0.25, 0.3) is 0 Å². The normalized spacial score (nSPS) is 17.4. The van der Waals surface area contributed by atoms with Crippen molar-refractivity contribution in [3.8, 4) is 11.8 Å². The van der Waals surface area contributed by atoms with Crippen LogP contribution >= 0.6 is 0 Å². The Morgan fingerprint density at radius 2 is 2.10 bits per heavy atom. The van der Waals surface area contributed by atoms with Crippen LogP contribution in [-0.2, 0) is 4.74 Å². The molecule has 0 saturated heterocycles. The largest absolute Gasteiger partial charge is 0.493 e. The van der Waals surface area contributed by atoms with E-state index in [4.69, 9.17) is 14.7 Å². The van der Waals surface area contributed by atoms with Gasteiger partial charge in [0.1, 0.15) is 5.75 Å².